The van der Waals surface area contributed by atoms with Gasteiger partial charge >= 0.3 is 0 Å². The predicted molar refractivity (Wildman–Crippen MR) is 47.6 cm³/mol. The molecule has 0 aromatic rings. The van der Waals surface area contributed by atoms with E-state index in [0.717, 1.165) is 19.3 Å². The maximum atomic E-state index is 13.0. The summed E-state index contributed by atoms with van der Waals surface area (Å²) in [5.41, 5.74) is 4.77. The summed E-state index contributed by atoms with van der Waals surface area (Å²) in [6, 6.07) is 0. The second-order valence-corrected chi connectivity index (χ2v) is 5.53. The Morgan fingerprint density at radius 2 is 1.85 bits per heavy atom. The Hall–Kier alpha value is -0.180. The minimum absolute atomic E-state index is 0.0394. The highest BCUT2D eigenvalue weighted by Crippen LogP contribution is 2.60. The summed E-state index contributed by atoms with van der Waals surface area (Å²) in [5, 5.41) is 0. The molecule has 0 aromatic carbocycles. The van der Waals surface area contributed by atoms with Gasteiger partial charge in [0.15, 0.2) is 0 Å². The van der Waals surface area contributed by atoms with Crippen LogP contribution in [0, 0.1) is 11.3 Å². The molecule has 2 unspecified atom stereocenters. The largest absolute Gasteiger partial charge is 0.320 e. The molecule has 2 atom stereocenters. The summed E-state index contributed by atoms with van der Waals surface area (Å²) in [6.07, 6.45) is 2.67. The maximum absolute atomic E-state index is 13.0. The lowest BCUT2D eigenvalue weighted by molar-refractivity contribution is 0.0714. The molecule has 76 valence electrons. The molecule has 2 N–H and O–H groups in total. The fourth-order valence-electron chi connectivity index (χ4n) is 2.64. The Bertz CT molecular complexity index is 237. The minimum Gasteiger partial charge on any atom is -0.320 e. The van der Waals surface area contributed by atoms with Crippen LogP contribution in [-0.4, -0.2) is 11.5 Å². The zero-order valence-electron chi connectivity index (χ0n) is 8.24. The van der Waals surface area contributed by atoms with E-state index in [1.165, 1.54) is 0 Å². The first-order chi connectivity index (χ1) is 5.77. The normalized spacial score (nSPS) is 46.4. The van der Waals surface area contributed by atoms with Crippen LogP contribution in [0.15, 0.2) is 0 Å². The van der Waals surface area contributed by atoms with Gasteiger partial charge in [-0.1, -0.05) is 13.8 Å². The Balaban J connectivity index is 2.06. The van der Waals surface area contributed by atoms with Gasteiger partial charge in [0.2, 0.25) is 0 Å². The third-order valence-electron chi connectivity index (χ3n) is 3.77. The van der Waals surface area contributed by atoms with Crippen LogP contribution in [0.1, 0.15) is 39.5 Å². The standard InChI is InChI=1S/C10H17F2N/c1-8(2)4-3-7(5-8)9(13)6-10(9,11)12/h7H,3-6,13H2,1-2H3. The lowest BCUT2D eigenvalue weighted by Crippen LogP contribution is -2.37. The minimum atomic E-state index is -2.59. The Kier molecular flexibility index (Phi) is 1.62. The molecule has 2 rings (SSSR count). The molecule has 13 heavy (non-hydrogen) atoms. The fourth-order valence-corrected chi connectivity index (χ4v) is 2.64. The van der Waals surface area contributed by atoms with Crippen molar-refractivity contribution in [1.82, 2.24) is 0 Å². The van der Waals surface area contributed by atoms with Crippen LogP contribution in [0.3, 0.4) is 0 Å². The number of hydrogen-bond donors (Lipinski definition) is 1. The van der Waals surface area contributed by atoms with Gasteiger partial charge in [-0.05, 0) is 30.6 Å². The van der Waals surface area contributed by atoms with Gasteiger partial charge < -0.3 is 5.73 Å². The van der Waals surface area contributed by atoms with Crippen molar-refractivity contribution in [2.45, 2.75) is 51.0 Å². The molecule has 2 aliphatic carbocycles. The van der Waals surface area contributed by atoms with Gasteiger partial charge in [-0.2, -0.15) is 0 Å². The first kappa shape index (κ1) is 9.38. The van der Waals surface area contributed by atoms with Crippen LogP contribution in [-0.2, 0) is 0 Å². The van der Waals surface area contributed by atoms with Crippen LogP contribution in [0.5, 0.6) is 0 Å². The summed E-state index contributed by atoms with van der Waals surface area (Å²) >= 11 is 0. The Labute approximate surface area is 77.7 Å². The number of hydrogen-bond acceptors (Lipinski definition) is 1. The van der Waals surface area contributed by atoms with E-state index in [9.17, 15) is 8.78 Å². The molecule has 0 aromatic heterocycles. The van der Waals surface area contributed by atoms with Crippen molar-refractivity contribution < 1.29 is 8.78 Å². The summed E-state index contributed by atoms with van der Waals surface area (Å²) in [4.78, 5) is 0. The third-order valence-corrected chi connectivity index (χ3v) is 3.77. The zero-order valence-corrected chi connectivity index (χ0v) is 8.24. The van der Waals surface area contributed by atoms with Crippen molar-refractivity contribution in [3.63, 3.8) is 0 Å². The van der Waals surface area contributed by atoms with E-state index in [4.69, 9.17) is 5.73 Å². The van der Waals surface area contributed by atoms with Crippen LogP contribution in [0.25, 0.3) is 0 Å². The predicted octanol–water partition coefficient (Wildman–Crippen LogP) is 2.55. The first-order valence-electron chi connectivity index (χ1n) is 4.94. The molecule has 2 aliphatic rings. The van der Waals surface area contributed by atoms with Gasteiger partial charge in [0.1, 0.15) is 0 Å². The topological polar surface area (TPSA) is 26.0 Å². The molecule has 0 aliphatic heterocycles. The van der Waals surface area contributed by atoms with Crippen molar-refractivity contribution in [2.24, 2.45) is 17.1 Å². The van der Waals surface area contributed by atoms with Crippen molar-refractivity contribution in [1.29, 1.82) is 0 Å². The molecule has 0 radical (unpaired) electrons. The number of alkyl halides is 2. The summed E-state index contributed by atoms with van der Waals surface area (Å²) in [7, 11) is 0. The van der Waals surface area contributed by atoms with E-state index in [1.807, 2.05) is 0 Å². The van der Waals surface area contributed by atoms with E-state index in [1.54, 1.807) is 0 Å². The monoisotopic (exact) mass is 189 g/mol. The van der Waals surface area contributed by atoms with Crippen LogP contribution in [0.4, 0.5) is 8.78 Å². The van der Waals surface area contributed by atoms with Crippen LogP contribution < -0.4 is 5.73 Å². The molecule has 0 amide bonds. The molecular formula is C10H17F2N. The second-order valence-electron chi connectivity index (χ2n) is 5.53. The van der Waals surface area contributed by atoms with E-state index < -0.39 is 11.5 Å². The molecule has 2 fully saturated rings. The van der Waals surface area contributed by atoms with Gasteiger partial charge in [0, 0.05) is 6.42 Å². The van der Waals surface area contributed by atoms with Gasteiger partial charge in [-0.3, -0.25) is 0 Å². The average molecular weight is 189 g/mol. The molecule has 3 heteroatoms. The molecule has 0 bridgehead atoms. The first-order valence-corrected chi connectivity index (χ1v) is 4.94. The van der Waals surface area contributed by atoms with Crippen LogP contribution >= 0.6 is 0 Å². The lowest BCUT2D eigenvalue weighted by atomic mass is 9.87. The SMILES string of the molecule is CC1(C)CCC(C2(N)CC2(F)F)C1. The molecule has 0 heterocycles. The zero-order chi connectivity index (χ0) is 9.91. The maximum Gasteiger partial charge on any atom is 0.268 e. The summed E-state index contributed by atoms with van der Waals surface area (Å²) in [6.45, 7) is 4.27. The number of halogens is 2. The quantitative estimate of drug-likeness (QED) is 0.674. The van der Waals surface area contributed by atoms with Crippen molar-refractivity contribution in [2.75, 3.05) is 0 Å². The highest BCUT2D eigenvalue weighted by atomic mass is 19.3. The van der Waals surface area contributed by atoms with E-state index >= 15 is 0 Å². The van der Waals surface area contributed by atoms with Gasteiger partial charge in [-0.25, -0.2) is 8.78 Å². The second kappa shape index (κ2) is 2.25. The van der Waals surface area contributed by atoms with Crippen molar-refractivity contribution in [3.8, 4) is 0 Å². The number of nitrogens with two attached hydrogens (primary N) is 1. The van der Waals surface area contributed by atoms with Gasteiger partial charge in [0.25, 0.3) is 5.92 Å². The van der Waals surface area contributed by atoms with Crippen LogP contribution in [0.2, 0.25) is 0 Å². The number of rotatable bonds is 1. The van der Waals surface area contributed by atoms with Gasteiger partial charge in [0.05, 0.1) is 5.54 Å². The van der Waals surface area contributed by atoms with E-state index in [-0.39, 0.29) is 17.8 Å². The molecule has 2 saturated carbocycles. The summed E-state index contributed by atoms with van der Waals surface area (Å²) in [5.74, 6) is -2.55. The summed E-state index contributed by atoms with van der Waals surface area (Å²) < 4.78 is 25.9. The molecular weight excluding hydrogens is 172 g/mol. The third kappa shape index (κ3) is 1.28. The smallest absolute Gasteiger partial charge is 0.268 e. The van der Waals surface area contributed by atoms with E-state index in [2.05, 4.69) is 13.8 Å². The Morgan fingerprint density at radius 1 is 1.31 bits per heavy atom. The highest BCUT2D eigenvalue weighted by Gasteiger charge is 2.72. The van der Waals surface area contributed by atoms with E-state index in [0.29, 0.717) is 0 Å². The fraction of sp³-hybridized carbons (Fsp3) is 1.00. The highest BCUT2D eigenvalue weighted by molar-refractivity contribution is 5.20. The molecule has 0 saturated heterocycles. The Morgan fingerprint density at radius 3 is 2.15 bits per heavy atom. The van der Waals surface area contributed by atoms with Gasteiger partial charge in [-0.15, -0.1) is 0 Å². The average Bonchev–Trinajstić information content (AvgIpc) is 2.36. The van der Waals surface area contributed by atoms with Crippen molar-refractivity contribution >= 4 is 0 Å². The van der Waals surface area contributed by atoms with Crippen molar-refractivity contribution in [3.05, 3.63) is 0 Å². The molecule has 0 spiro atoms. The molecule has 1 nitrogen and oxygen atoms in total. The lowest BCUT2D eigenvalue weighted by Gasteiger charge is -2.21.